The number of nitrogens with one attached hydrogen (secondary N) is 1. The van der Waals surface area contributed by atoms with Crippen LogP contribution in [-0.2, 0) is 0 Å². The molecule has 0 aliphatic carbocycles. The highest BCUT2D eigenvalue weighted by atomic mass is 16.4. The number of carboxylic acid groups (broad SMARTS) is 1. The molecule has 20 heavy (non-hydrogen) atoms. The number of aromatic carboxylic acids is 1. The molecule has 6 nitrogen and oxygen atoms in total. The summed E-state index contributed by atoms with van der Waals surface area (Å²) in [5, 5.41) is 12.4. The maximum absolute atomic E-state index is 11.4. The zero-order chi connectivity index (χ0) is 14.5. The van der Waals surface area contributed by atoms with Crippen LogP contribution in [0.25, 0.3) is 5.65 Å². The van der Waals surface area contributed by atoms with Crippen LogP contribution in [0.2, 0.25) is 0 Å². The highest BCUT2D eigenvalue weighted by molar-refractivity contribution is 5.92. The van der Waals surface area contributed by atoms with Gasteiger partial charge in [0.1, 0.15) is 5.65 Å². The van der Waals surface area contributed by atoms with Gasteiger partial charge in [0.15, 0.2) is 11.5 Å². The van der Waals surface area contributed by atoms with E-state index in [2.05, 4.69) is 15.2 Å². The number of aromatic nitrogens is 2. The molecule has 108 valence electrons. The van der Waals surface area contributed by atoms with E-state index in [1.54, 1.807) is 22.7 Å². The first-order chi connectivity index (χ1) is 9.59. The summed E-state index contributed by atoms with van der Waals surface area (Å²) in [6.07, 6.45) is 3.75. The minimum absolute atomic E-state index is 0.188. The predicted molar refractivity (Wildman–Crippen MR) is 78.4 cm³/mol. The molecule has 0 atom stereocenters. The molecule has 0 spiro atoms. The van der Waals surface area contributed by atoms with E-state index < -0.39 is 5.97 Å². The van der Waals surface area contributed by atoms with Crippen LogP contribution in [0, 0.1) is 0 Å². The molecule has 0 radical (unpaired) electrons. The first-order valence-electron chi connectivity index (χ1n) is 6.68. The maximum atomic E-state index is 11.4. The van der Waals surface area contributed by atoms with E-state index in [4.69, 9.17) is 0 Å². The van der Waals surface area contributed by atoms with Crippen molar-refractivity contribution in [2.24, 2.45) is 0 Å². The predicted octanol–water partition coefficient (Wildman–Crippen LogP) is 1.79. The highest BCUT2D eigenvalue weighted by Gasteiger charge is 2.17. The number of imidazole rings is 1. The van der Waals surface area contributed by atoms with Gasteiger partial charge in [0.2, 0.25) is 0 Å². The first-order valence-corrected chi connectivity index (χ1v) is 6.68. The fourth-order valence-corrected chi connectivity index (χ4v) is 2.08. The van der Waals surface area contributed by atoms with Crippen LogP contribution in [0.3, 0.4) is 0 Å². The Morgan fingerprint density at radius 3 is 2.90 bits per heavy atom. The third kappa shape index (κ3) is 3.27. The fraction of sp³-hybridized carbons (Fsp3) is 0.429. The lowest BCUT2D eigenvalue weighted by Gasteiger charge is -2.09. The van der Waals surface area contributed by atoms with Crippen molar-refractivity contribution in [1.29, 1.82) is 0 Å². The Balaban J connectivity index is 2.06. The SMILES string of the molecule is CN(C)CCCCNc1nc2ccccn2c1C(=O)O. The largest absolute Gasteiger partial charge is 0.476 e. The van der Waals surface area contributed by atoms with E-state index in [-0.39, 0.29) is 5.69 Å². The molecule has 0 saturated heterocycles. The van der Waals surface area contributed by atoms with Gasteiger partial charge in [-0.25, -0.2) is 9.78 Å². The third-order valence-electron chi connectivity index (χ3n) is 3.06. The molecule has 0 aliphatic rings. The summed E-state index contributed by atoms with van der Waals surface area (Å²) in [6.45, 7) is 1.75. The molecular weight excluding hydrogens is 256 g/mol. The van der Waals surface area contributed by atoms with Crippen molar-refractivity contribution < 1.29 is 9.90 Å². The molecule has 2 aromatic heterocycles. The van der Waals surface area contributed by atoms with Gasteiger partial charge in [-0.05, 0) is 45.6 Å². The number of rotatable bonds is 7. The van der Waals surface area contributed by atoms with Crippen LogP contribution < -0.4 is 5.32 Å². The molecule has 0 saturated carbocycles. The second-order valence-corrected chi connectivity index (χ2v) is 4.98. The van der Waals surface area contributed by atoms with Gasteiger partial charge in [0.25, 0.3) is 0 Å². The van der Waals surface area contributed by atoms with Crippen molar-refractivity contribution in [3.8, 4) is 0 Å². The van der Waals surface area contributed by atoms with Crippen molar-refractivity contribution in [2.45, 2.75) is 12.8 Å². The van der Waals surface area contributed by atoms with Crippen molar-refractivity contribution in [3.05, 3.63) is 30.1 Å². The molecule has 0 bridgehead atoms. The van der Waals surface area contributed by atoms with Crippen LogP contribution in [0.1, 0.15) is 23.3 Å². The molecule has 0 aliphatic heterocycles. The van der Waals surface area contributed by atoms with Crippen molar-refractivity contribution >= 4 is 17.4 Å². The molecular formula is C14H20N4O2. The maximum Gasteiger partial charge on any atom is 0.356 e. The van der Waals surface area contributed by atoms with E-state index in [1.165, 1.54) is 0 Å². The first kappa shape index (κ1) is 14.3. The Hall–Kier alpha value is -2.08. The Labute approximate surface area is 118 Å². The van der Waals surface area contributed by atoms with Crippen molar-refractivity contribution in [1.82, 2.24) is 14.3 Å². The molecule has 0 amide bonds. The molecule has 0 unspecified atom stereocenters. The van der Waals surface area contributed by atoms with Gasteiger partial charge in [0.05, 0.1) is 0 Å². The Morgan fingerprint density at radius 1 is 1.40 bits per heavy atom. The normalized spacial score (nSPS) is 11.2. The van der Waals surface area contributed by atoms with Crippen LogP contribution in [0.5, 0.6) is 0 Å². The van der Waals surface area contributed by atoms with Gasteiger partial charge in [-0.1, -0.05) is 6.07 Å². The van der Waals surface area contributed by atoms with E-state index in [0.717, 1.165) is 25.9 Å². The van der Waals surface area contributed by atoms with Crippen LogP contribution in [-0.4, -0.2) is 52.5 Å². The van der Waals surface area contributed by atoms with E-state index >= 15 is 0 Å². The number of nitrogens with zero attached hydrogens (tertiary/aromatic N) is 3. The van der Waals surface area contributed by atoms with Crippen LogP contribution >= 0.6 is 0 Å². The summed E-state index contributed by atoms with van der Waals surface area (Å²) in [5.74, 6) is -0.534. The van der Waals surface area contributed by atoms with Gasteiger partial charge in [-0.15, -0.1) is 0 Å². The quantitative estimate of drug-likeness (QED) is 0.754. The lowest BCUT2D eigenvalue weighted by molar-refractivity contribution is 0.0690. The molecule has 2 N–H and O–H groups in total. The highest BCUT2D eigenvalue weighted by Crippen LogP contribution is 2.17. The van der Waals surface area contributed by atoms with Gasteiger partial charge < -0.3 is 15.3 Å². The fourth-order valence-electron chi connectivity index (χ4n) is 2.08. The molecule has 2 aromatic rings. The van der Waals surface area contributed by atoms with Gasteiger partial charge in [-0.3, -0.25) is 4.40 Å². The molecule has 0 aromatic carbocycles. The summed E-state index contributed by atoms with van der Waals surface area (Å²) in [4.78, 5) is 17.8. The minimum Gasteiger partial charge on any atom is -0.476 e. The standard InChI is InChI=1S/C14H20N4O2/c1-17(2)9-6-4-8-15-13-12(14(19)20)18-10-5-3-7-11(18)16-13/h3,5,7,10,15H,4,6,8-9H2,1-2H3,(H,19,20). The summed E-state index contributed by atoms with van der Waals surface area (Å²) >= 11 is 0. The Bertz CT molecular complexity index is 592. The number of carbonyl (C=O) groups is 1. The number of hydrogen-bond donors (Lipinski definition) is 2. The smallest absolute Gasteiger partial charge is 0.356 e. The third-order valence-corrected chi connectivity index (χ3v) is 3.06. The lowest BCUT2D eigenvalue weighted by Crippen LogP contribution is -2.14. The summed E-state index contributed by atoms with van der Waals surface area (Å²) < 4.78 is 1.59. The molecule has 2 heterocycles. The van der Waals surface area contributed by atoms with Crippen LogP contribution in [0.15, 0.2) is 24.4 Å². The molecule has 2 rings (SSSR count). The minimum atomic E-state index is -0.973. The summed E-state index contributed by atoms with van der Waals surface area (Å²) in [5.41, 5.74) is 0.828. The number of fused-ring (bicyclic) bond motifs is 1. The number of pyridine rings is 1. The van der Waals surface area contributed by atoms with Gasteiger partial charge in [-0.2, -0.15) is 0 Å². The number of hydrogen-bond acceptors (Lipinski definition) is 4. The number of unbranched alkanes of at least 4 members (excludes halogenated alkanes) is 1. The molecule has 0 fully saturated rings. The van der Waals surface area contributed by atoms with Crippen LogP contribution in [0.4, 0.5) is 5.82 Å². The van der Waals surface area contributed by atoms with Crippen molar-refractivity contribution in [2.75, 3.05) is 32.5 Å². The topological polar surface area (TPSA) is 69.9 Å². The van der Waals surface area contributed by atoms with E-state index in [0.29, 0.717) is 11.5 Å². The Morgan fingerprint density at radius 2 is 2.20 bits per heavy atom. The summed E-state index contributed by atoms with van der Waals surface area (Å²) in [6, 6.07) is 5.43. The van der Waals surface area contributed by atoms with Gasteiger partial charge in [0, 0.05) is 12.7 Å². The summed E-state index contributed by atoms with van der Waals surface area (Å²) in [7, 11) is 4.08. The van der Waals surface area contributed by atoms with E-state index in [1.807, 2.05) is 20.2 Å². The molecule has 6 heteroatoms. The average Bonchev–Trinajstić information content (AvgIpc) is 2.76. The second-order valence-electron chi connectivity index (χ2n) is 4.98. The second kappa shape index (κ2) is 6.38. The lowest BCUT2D eigenvalue weighted by atomic mass is 10.3. The number of anilines is 1. The monoisotopic (exact) mass is 276 g/mol. The van der Waals surface area contributed by atoms with Crippen molar-refractivity contribution in [3.63, 3.8) is 0 Å². The zero-order valence-electron chi connectivity index (χ0n) is 11.8. The average molecular weight is 276 g/mol. The van der Waals surface area contributed by atoms with E-state index in [9.17, 15) is 9.90 Å². The number of carboxylic acids is 1. The zero-order valence-corrected chi connectivity index (χ0v) is 11.8. The Kier molecular flexibility index (Phi) is 4.57. The van der Waals surface area contributed by atoms with Gasteiger partial charge >= 0.3 is 5.97 Å².